The molecule has 0 spiro atoms. The quantitative estimate of drug-likeness (QED) is 0.440. The molecule has 2 rings (SSSR count). The molecule has 0 bridgehead atoms. The molecule has 0 saturated carbocycles. The maximum absolute atomic E-state index is 12.8. The van der Waals surface area contributed by atoms with E-state index in [0.29, 0.717) is 12.5 Å². The zero-order chi connectivity index (χ0) is 22.4. The van der Waals surface area contributed by atoms with Crippen molar-refractivity contribution in [2.24, 2.45) is 4.99 Å². The number of benzene rings is 1. The van der Waals surface area contributed by atoms with Crippen LogP contribution in [0.15, 0.2) is 35.3 Å². The second-order valence-corrected chi connectivity index (χ2v) is 12.3. The maximum atomic E-state index is 12.8. The molecule has 3 amide bonds. The van der Waals surface area contributed by atoms with E-state index in [9.17, 15) is 26.4 Å². The number of amidine groups is 1. The third kappa shape index (κ3) is 5.01. The van der Waals surface area contributed by atoms with Crippen LogP contribution in [-0.4, -0.2) is 72.7 Å². The predicted molar refractivity (Wildman–Crippen MR) is 110 cm³/mol. The number of hydrogen-bond acceptors (Lipinski definition) is 7. The molecule has 1 fully saturated rings. The number of alkyl halides is 3. The van der Waals surface area contributed by atoms with Crippen LogP contribution in [0, 0.1) is 0 Å². The number of amides is 3. The van der Waals surface area contributed by atoms with Gasteiger partial charge in [-0.15, -0.1) is 0 Å². The Morgan fingerprint density at radius 1 is 1.00 bits per heavy atom. The number of imide groups is 1. The van der Waals surface area contributed by atoms with Gasteiger partial charge in [-0.3, -0.25) is 9.69 Å². The molecule has 15 heteroatoms. The van der Waals surface area contributed by atoms with Crippen molar-refractivity contribution in [2.45, 2.75) is 9.96 Å². The zero-order valence-corrected chi connectivity index (χ0v) is 19.1. The number of sulfonamides is 2. The predicted octanol–water partition coefficient (Wildman–Crippen LogP) is 1.40. The van der Waals surface area contributed by atoms with Gasteiger partial charge in [-0.05, 0) is 12.1 Å². The van der Waals surface area contributed by atoms with E-state index < -0.39 is 47.8 Å². The largest absolute Gasteiger partial charge is 0.337 e. The highest BCUT2D eigenvalue weighted by molar-refractivity contribution is 8.03. The van der Waals surface area contributed by atoms with Gasteiger partial charge in [0, 0.05) is 7.05 Å². The highest BCUT2D eigenvalue weighted by Gasteiger charge is 2.49. The Morgan fingerprint density at radius 3 is 1.90 bits per heavy atom. The van der Waals surface area contributed by atoms with E-state index in [1.807, 2.05) is 0 Å². The minimum atomic E-state index is -4.50. The minimum Gasteiger partial charge on any atom is -0.276 e. The van der Waals surface area contributed by atoms with Crippen molar-refractivity contribution >= 4 is 78.3 Å². The van der Waals surface area contributed by atoms with Gasteiger partial charge in [-0.2, -0.15) is 0 Å². The SMILES string of the molecule is CN1C(=O)N(c2ccccc2)C(=O)C1=NC(N(S(C)(=O)=O)S(C)(=O)=O)C(Cl)(Cl)Cl. The van der Waals surface area contributed by atoms with Crippen LogP contribution in [0.4, 0.5) is 10.5 Å². The Kier molecular flexibility index (Phi) is 6.58. The van der Waals surface area contributed by atoms with Crippen molar-refractivity contribution in [2.75, 3.05) is 24.5 Å². The van der Waals surface area contributed by atoms with Gasteiger partial charge in [-0.25, -0.2) is 31.5 Å². The van der Waals surface area contributed by atoms with Crippen molar-refractivity contribution in [3.63, 3.8) is 0 Å². The minimum absolute atomic E-state index is 0.128. The molecule has 1 atom stereocenters. The third-order valence-corrected chi connectivity index (χ3v) is 7.51. The first-order valence-electron chi connectivity index (χ1n) is 7.58. The molecular weight excluding hydrogens is 491 g/mol. The third-order valence-electron chi connectivity index (χ3n) is 3.60. The number of likely N-dealkylation sites (N-methyl/N-ethyl adjacent to an activating group) is 1. The first-order valence-corrected chi connectivity index (χ1v) is 12.4. The normalized spacial score (nSPS) is 18.8. The summed E-state index contributed by atoms with van der Waals surface area (Å²) in [6.07, 6.45) is -1.04. The number of nitrogens with zero attached hydrogens (tertiary/aromatic N) is 4. The number of aliphatic imine (C=N–C) groups is 1. The van der Waals surface area contributed by atoms with Gasteiger partial charge in [-0.1, -0.05) is 56.7 Å². The topological polar surface area (TPSA) is 124 Å². The number of anilines is 1. The molecule has 0 aromatic heterocycles. The van der Waals surface area contributed by atoms with Crippen molar-refractivity contribution in [1.82, 2.24) is 8.61 Å². The van der Waals surface area contributed by atoms with E-state index in [2.05, 4.69) is 4.99 Å². The fraction of sp³-hybridized carbons (Fsp3) is 0.357. The number of urea groups is 1. The molecule has 1 aliphatic heterocycles. The molecule has 1 aromatic carbocycles. The van der Waals surface area contributed by atoms with Crippen LogP contribution in [0.25, 0.3) is 0 Å². The van der Waals surface area contributed by atoms with Gasteiger partial charge < -0.3 is 0 Å². The number of para-hydroxylation sites is 1. The van der Waals surface area contributed by atoms with Crippen LogP contribution in [0.5, 0.6) is 0 Å². The second kappa shape index (κ2) is 8.00. The van der Waals surface area contributed by atoms with Crippen molar-refractivity contribution in [3.05, 3.63) is 30.3 Å². The van der Waals surface area contributed by atoms with Gasteiger partial charge in [0.1, 0.15) is 0 Å². The summed E-state index contributed by atoms with van der Waals surface area (Å²) >= 11 is 17.4. The molecular formula is C14H15Cl3N4O6S2. The lowest BCUT2D eigenvalue weighted by atomic mass is 10.3. The average molecular weight is 506 g/mol. The Bertz CT molecular complexity index is 1040. The summed E-state index contributed by atoms with van der Waals surface area (Å²) in [6.45, 7) is 0. The summed E-state index contributed by atoms with van der Waals surface area (Å²) in [5.41, 5.74) is 0.216. The van der Waals surface area contributed by atoms with Crippen LogP contribution in [-0.2, 0) is 24.8 Å². The lowest BCUT2D eigenvalue weighted by Gasteiger charge is -2.29. The lowest BCUT2D eigenvalue weighted by molar-refractivity contribution is -0.111. The number of carbonyl (C=O) groups is 2. The van der Waals surface area contributed by atoms with Crippen molar-refractivity contribution < 1.29 is 26.4 Å². The highest BCUT2D eigenvalue weighted by atomic mass is 35.6. The molecule has 1 aromatic rings. The summed E-state index contributed by atoms with van der Waals surface area (Å²) in [7, 11) is -7.83. The summed E-state index contributed by atoms with van der Waals surface area (Å²) in [5, 5.41) is 0. The second-order valence-electron chi connectivity index (χ2n) is 5.94. The molecule has 0 N–H and O–H groups in total. The molecule has 1 heterocycles. The Balaban J connectivity index is 2.66. The number of hydrogen-bond donors (Lipinski definition) is 0. The maximum Gasteiger partial charge on any atom is 0.337 e. The highest BCUT2D eigenvalue weighted by Crippen LogP contribution is 2.37. The van der Waals surface area contributed by atoms with Crippen LogP contribution < -0.4 is 4.90 Å². The van der Waals surface area contributed by atoms with E-state index in [1.165, 1.54) is 19.2 Å². The smallest absolute Gasteiger partial charge is 0.276 e. The van der Waals surface area contributed by atoms with Crippen LogP contribution in [0.3, 0.4) is 0 Å². The van der Waals surface area contributed by atoms with Crippen LogP contribution in [0.1, 0.15) is 0 Å². The van der Waals surface area contributed by atoms with Gasteiger partial charge in [0.25, 0.3) is 0 Å². The molecule has 1 aliphatic rings. The van der Waals surface area contributed by atoms with Crippen LogP contribution in [0.2, 0.25) is 0 Å². The van der Waals surface area contributed by atoms with Gasteiger partial charge in [0.05, 0.1) is 18.2 Å². The lowest BCUT2D eigenvalue weighted by Crippen LogP contribution is -2.50. The molecule has 1 unspecified atom stereocenters. The average Bonchev–Trinajstić information content (AvgIpc) is 2.75. The van der Waals surface area contributed by atoms with E-state index >= 15 is 0 Å². The first kappa shape index (κ1) is 23.8. The van der Waals surface area contributed by atoms with Gasteiger partial charge >= 0.3 is 11.9 Å². The Hall–Kier alpha value is -1.44. The molecule has 160 valence electrons. The molecule has 10 nitrogen and oxygen atoms in total. The fourth-order valence-electron chi connectivity index (χ4n) is 2.48. The van der Waals surface area contributed by atoms with Crippen molar-refractivity contribution in [3.8, 4) is 0 Å². The first-order chi connectivity index (χ1) is 13.1. The van der Waals surface area contributed by atoms with Crippen LogP contribution >= 0.6 is 34.8 Å². The molecule has 0 radical (unpaired) electrons. The number of halogens is 3. The van der Waals surface area contributed by atoms with Crippen molar-refractivity contribution in [1.29, 1.82) is 0 Å². The van der Waals surface area contributed by atoms with E-state index in [4.69, 9.17) is 34.8 Å². The van der Waals surface area contributed by atoms with E-state index in [-0.39, 0.29) is 9.40 Å². The monoisotopic (exact) mass is 504 g/mol. The standard InChI is InChI=1S/C14H15Cl3N4O6S2/c1-19-10(11(22)20(13(19)23)9-7-5-4-6-8-9)18-12(14(15,16)17)21(28(2,24)25)29(3,26)27/h4-8,12H,1-3H3. The molecule has 1 saturated heterocycles. The summed E-state index contributed by atoms with van der Waals surface area (Å²) in [4.78, 5) is 30.6. The Morgan fingerprint density at radius 2 is 1.48 bits per heavy atom. The molecule has 29 heavy (non-hydrogen) atoms. The van der Waals surface area contributed by atoms with Gasteiger partial charge in [0.15, 0.2) is 6.17 Å². The fourth-order valence-corrected chi connectivity index (χ4v) is 6.37. The van der Waals surface area contributed by atoms with E-state index in [1.54, 1.807) is 18.2 Å². The molecule has 0 aliphatic carbocycles. The number of rotatable bonds is 5. The summed E-state index contributed by atoms with van der Waals surface area (Å²) in [5.74, 6) is -1.56. The number of carbonyl (C=O) groups excluding carboxylic acids is 2. The van der Waals surface area contributed by atoms with E-state index in [0.717, 1.165) is 9.80 Å². The summed E-state index contributed by atoms with van der Waals surface area (Å²) in [6, 6.07) is 7.00. The van der Waals surface area contributed by atoms with Gasteiger partial charge in [0.2, 0.25) is 29.7 Å². The summed E-state index contributed by atoms with van der Waals surface area (Å²) < 4.78 is 45.6. The zero-order valence-electron chi connectivity index (χ0n) is 15.2. The Labute approximate surface area is 182 Å².